The summed E-state index contributed by atoms with van der Waals surface area (Å²) in [5.41, 5.74) is 5.97. The molecule has 0 spiro atoms. The highest BCUT2D eigenvalue weighted by molar-refractivity contribution is 7.13. The molecule has 4 rings (SSSR count). The minimum Gasteiger partial charge on any atom is -0.349 e. The summed E-state index contributed by atoms with van der Waals surface area (Å²) in [6, 6.07) is 9.00. The Labute approximate surface area is 170 Å². The molecule has 0 bridgehead atoms. The van der Waals surface area contributed by atoms with Crippen molar-refractivity contribution in [1.82, 2.24) is 15.0 Å². The molecule has 1 N–H and O–H groups in total. The largest absolute Gasteiger partial charge is 0.349 e. The van der Waals surface area contributed by atoms with E-state index >= 15 is 0 Å². The van der Waals surface area contributed by atoms with E-state index in [9.17, 15) is 0 Å². The fourth-order valence-electron chi connectivity index (χ4n) is 3.52. The molecular weight excluding hydrogens is 378 g/mol. The average molecular weight is 402 g/mol. The van der Waals surface area contributed by atoms with Gasteiger partial charge in [0.15, 0.2) is 5.13 Å². The lowest BCUT2D eigenvalue weighted by atomic mass is 9.93. The zero-order chi connectivity index (χ0) is 18.3. The van der Waals surface area contributed by atoms with Crippen LogP contribution in [-0.2, 0) is 6.42 Å². The highest BCUT2D eigenvalue weighted by Gasteiger charge is 2.26. The summed E-state index contributed by atoms with van der Waals surface area (Å²) in [5.74, 6) is 1.62. The molecule has 142 valence electrons. The fraction of sp³-hybridized carbons (Fsp3) is 0.350. The zero-order valence-electron chi connectivity index (χ0n) is 16.0. The van der Waals surface area contributed by atoms with Gasteiger partial charge in [0.25, 0.3) is 0 Å². The SMILES string of the molecule is Cc1csc(Nc2nc(C)c(C)c(N3CCc4ccccc4C3C)n2)n1.Cl. The van der Waals surface area contributed by atoms with Crippen molar-refractivity contribution < 1.29 is 0 Å². The first-order chi connectivity index (χ1) is 12.5. The number of nitrogens with zero attached hydrogens (tertiary/aromatic N) is 4. The molecule has 27 heavy (non-hydrogen) atoms. The minimum atomic E-state index is 0. The maximum atomic E-state index is 4.86. The Balaban J connectivity index is 0.00000210. The van der Waals surface area contributed by atoms with E-state index < -0.39 is 0 Å². The number of thiazole rings is 1. The third kappa shape index (κ3) is 3.77. The number of halogens is 1. The van der Waals surface area contributed by atoms with Crippen molar-refractivity contribution in [2.24, 2.45) is 0 Å². The Bertz CT molecular complexity index is 955. The van der Waals surface area contributed by atoms with E-state index in [2.05, 4.69) is 58.3 Å². The van der Waals surface area contributed by atoms with Crippen LogP contribution < -0.4 is 10.2 Å². The van der Waals surface area contributed by atoms with E-state index in [-0.39, 0.29) is 12.4 Å². The number of rotatable bonds is 3. The second kappa shape index (κ2) is 7.82. The molecule has 1 atom stereocenters. The molecule has 1 aromatic carbocycles. The first-order valence-electron chi connectivity index (χ1n) is 8.92. The topological polar surface area (TPSA) is 53.9 Å². The van der Waals surface area contributed by atoms with Gasteiger partial charge in [-0.3, -0.25) is 5.32 Å². The van der Waals surface area contributed by atoms with E-state index in [4.69, 9.17) is 4.98 Å². The second-order valence-corrected chi connectivity index (χ2v) is 7.68. The number of aryl methyl sites for hydroxylation is 2. The smallest absolute Gasteiger partial charge is 0.231 e. The number of fused-ring (bicyclic) bond motifs is 1. The standard InChI is InChI=1S/C20H23N5S.ClH/c1-12-11-26-20(21-12)24-19-22-14(3)13(2)18(23-19)25-10-9-16-7-5-6-8-17(16)15(25)4;/h5-8,11,15H,9-10H2,1-4H3,(H,21,22,23,24);1H. The molecule has 0 radical (unpaired) electrons. The van der Waals surface area contributed by atoms with E-state index in [0.29, 0.717) is 12.0 Å². The number of anilines is 3. The number of aromatic nitrogens is 3. The Hall–Kier alpha value is -2.18. The van der Waals surface area contributed by atoms with Crippen molar-refractivity contribution in [2.45, 2.75) is 40.2 Å². The van der Waals surface area contributed by atoms with Crippen molar-refractivity contribution in [1.29, 1.82) is 0 Å². The van der Waals surface area contributed by atoms with Crippen LogP contribution in [0.15, 0.2) is 29.6 Å². The molecule has 0 amide bonds. The van der Waals surface area contributed by atoms with Crippen LogP contribution in [-0.4, -0.2) is 21.5 Å². The van der Waals surface area contributed by atoms with Gasteiger partial charge in [0, 0.05) is 23.2 Å². The van der Waals surface area contributed by atoms with Crippen LogP contribution in [0.1, 0.15) is 41.0 Å². The van der Waals surface area contributed by atoms with Crippen LogP contribution >= 0.6 is 23.7 Å². The lowest BCUT2D eigenvalue weighted by Gasteiger charge is -2.37. The molecule has 0 aliphatic carbocycles. The molecule has 2 aromatic heterocycles. The molecule has 1 aliphatic rings. The van der Waals surface area contributed by atoms with Gasteiger partial charge in [-0.15, -0.1) is 23.7 Å². The lowest BCUT2D eigenvalue weighted by molar-refractivity contribution is 0.614. The molecule has 0 saturated heterocycles. The monoisotopic (exact) mass is 401 g/mol. The summed E-state index contributed by atoms with van der Waals surface area (Å²) in [4.78, 5) is 16.3. The summed E-state index contributed by atoms with van der Waals surface area (Å²) in [6.45, 7) is 9.36. The third-order valence-corrected chi connectivity index (χ3v) is 5.94. The van der Waals surface area contributed by atoms with E-state index in [1.165, 1.54) is 11.1 Å². The lowest BCUT2D eigenvalue weighted by Crippen LogP contribution is -2.35. The molecule has 1 aliphatic heterocycles. The van der Waals surface area contributed by atoms with Gasteiger partial charge >= 0.3 is 0 Å². The summed E-state index contributed by atoms with van der Waals surface area (Å²) < 4.78 is 0. The first-order valence-corrected chi connectivity index (χ1v) is 9.79. The van der Waals surface area contributed by atoms with E-state index in [1.807, 2.05) is 19.2 Å². The van der Waals surface area contributed by atoms with Gasteiger partial charge in [-0.05, 0) is 45.2 Å². The second-order valence-electron chi connectivity index (χ2n) is 6.82. The van der Waals surface area contributed by atoms with Crippen LogP contribution in [0.25, 0.3) is 0 Å². The normalized spacial score (nSPS) is 15.9. The number of nitrogens with one attached hydrogen (secondary N) is 1. The molecule has 3 aromatic rings. The average Bonchev–Trinajstić information content (AvgIpc) is 3.04. The summed E-state index contributed by atoms with van der Waals surface area (Å²) >= 11 is 1.57. The molecule has 0 saturated carbocycles. The minimum absolute atomic E-state index is 0. The maximum absolute atomic E-state index is 4.86. The van der Waals surface area contributed by atoms with Gasteiger partial charge in [0.05, 0.1) is 11.7 Å². The van der Waals surface area contributed by atoms with Gasteiger partial charge < -0.3 is 4.90 Å². The van der Waals surface area contributed by atoms with Crippen molar-refractivity contribution in [2.75, 3.05) is 16.8 Å². The summed E-state index contributed by atoms with van der Waals surface area (Å²) in [5, 5.41) is 6.11. The fourth-order valence-corrected chi connectivity index (χ4v) is 4.20. The highest BCUT2D eigenvalue weighted by Crippen LogP contribution is 2.35. The summed E-state index contributed by atoms with van der Waals surface area (Å²) in [6.07, 6.45) is 1.04. The number of benzene rings is 1. The van der Waals surface area contributed by atoms with Crippen molar-refractivity contribution in [3.63, 3.8) is 0 Å². The van der Waals surface area contributed by atoms with E-state index in [0.717, 1.165) is 40.9 Å². The van der Waals surface area contributed by atoms with Crippen LogP contribution in [0, 0.1) is 20.8 Å². The predicted octanol–water partition coefficient (Wildman–Crippen LogP) is 5.15. The van der Waals surface area contributed by atoms with Gasteiger partial charge in [0.1, 0.15) is 5.82 Å². The van der Waals surface area contributed by atoms with Crippen LogP contribution in [0.5, 0.6) is 0 Å². The van der Waals surface area contributed by atoms with Crippen LogP contribution in [0.2, 0.25) is 0 Å². The molecule has 5 nitrogen and oxygen atoms in total. The Kier molecular flexibility index (Phi) is 5.67. The summed E-state index contributed by atoms with van der Waals surface area (Å²) in [7, 11) is 0. The Morgan fingerprint density at radius 2 is 1.89 bits per heavy atom. The number of hydrogen-bond acceptors (Lipinski definition) is 6. The van der Waals surface area contributed by atoms with Gasteiger partial charge in [-0.1, -0.05) is 24.3 Å². The van der Waals surface area contributed by atoms with E-state index in [1.54, 1.807) is 11.3 Å². The molecular formula is C20H24ClN5S. The molecule has 7 heteroatoms. The third-order valence-electron chi connectivity index (χ3n) is 5.07. The van der Waals surface area contributed by atoms with Gasteiger partial charge in [0.2, 0.25) is 5.95 Å². The molecule has 1 unspecified atom stereocenters. The maximum Gasteiger partial charge on any atom is 0.231 e. The highest BCUT2D eigenvalue weighted by atomic mass is 35.5. The Morgan fingerprint density at radius 3 is 2.63 bits per heavy atom. The van der Waals surface area contributed by atoms with Crippen molar-refractivity contribution in [3.05, 3.63) is 57.7 Å². The van der Waals surface area contributed by atoms with Crippen molar-refractivity contribution in [3.8, 4) is 0 Å². The first kappa shape index (κ1) is 19.6. The van der Waals surface area contributed by atoms with Crippen LogP contribution in [0.4, 0.5) is 16.9 Å². The Morgan fingerprint density at radius 1 is 1.11 bits per heavy atom. The molecule has 3 heterocycles. The predicted molar refractivity (Wildman–Crippen MR) is 115 cm³/mol. The van der Waals surface area contributed by atoms with Gasteiger partial charge in [-0.25, -0.2) is 9.97 Å². The van der Waals surface area contributed by atoms with Crippen LogP contribution in [0.3, 0.4) is 0 Å². The zero-order valence-corrected chi connectivity index (χ0v) is 17.6. The van der Waals surface area contributed by atoms with Crippen molar-refractivity contribution >= 4 is 40.6 Å². The molecule has 0 fully saturated rings. The number of hydrogen-bond donors (Lipinski definition) is 1. The van der Waals surface area contributed by atoms with Gasteiger partial charge in [-0.2, -0.15) is 4.98 Å². The quantitative estimate of drug-likeness (QED) is 0.657.